The minimum atomic E-state index is -0.409. The van der Waals surface area contributed by atoms with Crippen LogP contribution < -0.4 is 4.90 Å². The fourth-order valence-corrected chi connectivity index (χ4v) is 2.28. The highest BCUT2D eigenvalue weighted by molar-refractivity contribution is 5.45. The highest BCUT2D eigenvalue weighted by Gasteiger charge is 2.21. The van der Waals surface area contributed by atoms with Crippen LogP contribution in [0.25, 0.3) is 0 Å². The van der Waals surface area contributed by atoms with Gasteiger partial charge in [0.25, 0.3) is 0 Å². The maximum atomic E-state index is 13.0. The Hall–Kier alpha value is -1.16. The predicted molar refractivity (Wildman–Crippen MR) is 63.1 cm³/mol. The van der Waals surface area contributed by atoms with Crippen LogP contribution in [-0.4, -0.2) is 43.1 Å². The SMILES string of the molecule is CN1CCCC(N(C)c2ccnc(F)c2)C1. The quantitative estimate of drug-likeness (QED) is 0.712. The number of aromatic nitrogens is 1. The van der Waals surface area contributed by atoms with Crippen LogP contribution in [0.1, 0.15) is 12.8 Å². The summed E-state index contributed by atoms with van der Waals surface area (Å²) in [7, 11) is 4.16. The van der Waals surface area contributed by atoms with Gasteiger partial charge in [-0.3, -0.25) is 0 Å². The Morgan fingerprint density at radius 3 is 3.06 bits per heavy atom. The van der Waals surface area contributed by atoms with Crippen molar-refractivity contribution in [2.75, 3.05) is 32.1 Å². The van der Waals surface area contributed by atoms with Gasteiger partial charge in [-0.2, -0.15) is 4.39 Å². The number of anilines is 1. The Bertz CT molecular complexity index is 356. The number of likely N-dealkylation sites (N-methyl/N-ethyl adjacent to an activating group) is 2. The molecule has 16 heavy (non-hydrogen) atoms. The third-order valence-corrected chi connectivity index (χ3v) is 3.26. The number of hydrogen-bond acceptors (Lipinski definition) is 3. The first-order valence-electron chi connectivity index (χ1n) is 5.70. The van der Waals surface area contributed by atoms with Crippen molar-refractivity contribution in [1.82, 2.24) is 9.88 Å². The molecule has 0 bridgehead atoms. The monoisotopic (exact) mass is 223 g/mol. The van der Waals surface area contributed by atoms with E-state index in [4.69, 9.17) is 0 Å². The van der Waals surface area contributed by atoms with E-state index in [-0.39, 0.29) is 0 Å². The normalized spacial score (nSPS) is 22.1. The summed E-state index contributed by atoms with van der Waals surface area (Å²) in [4.78, 5) is 8.05. The molecule has 0 aromatic carbocycles. The summed E-state index contributed by atoms with van der Waals surface area (Å²) >= 11 is 0. The molecule has 1 aromatic rings. The van der Waals surface area contributed by atoms with Crippen LogP contribution in [0.2, 0.25) is 0 Å². The molecule has 1 unspecified atom stereocenters. The molecule has 1 aliphatic heterocycles. The third kappa shape index (κ3) is 2.50. The highest BCUT2D eigenvalue weighted by atomic mass is 19.1. The van der Waals surface area contributed by atoms with Gasteiger partial charge in [0.15, 0.2) is 0 Å². The Kier molecular flexibility index (Phi) is 3.39. The predicted octanol–water partition coefficient (Wildman–Crippen LogP) is 1.75. The van der Waals surface area contributed by atoms with Crippen molar-refractivity contribution in [2.45, 2.75) is 18.9 Å². The van der Waals surface area contributed by atoms with E-state index in [1.165, 1.54) is 25.1 Å². The van der Waals surface area contributed by atoms with E-state index >= 15 is 0 Å². The molecule has 1 saturated heterocycles. The minimum absolute atomic E-state index is 0.409. The number of piperidine rings is 1. The lowest BCUT2D eigenvalue weighted by molar-refractivity contribution is 0.248. The second-order valence-electron chi connectivity index (χ2n) is 4.51. The van der Waals surface area contributed by atoms with Crippen molar-refractivity contribution < 1.29 is 4.39 Å². The molecule has 1 atom stereocenters. The summed E-state index contributed by atoms with van der Waals surface area (Å²) in [6, 6.07) is 3.83. The van der Waals surface area contributed by atoms with Crippen LogP contribution in [0, 0.1) is 5.95 Å². The maximum Gasteiger partial charge on any atom is 0.214 e. The van der Waals surface area contributed by atoms with Gasteiger partial charge < -0.3 is 9.80 Å². The van der Waals surface area contributed by atoms with Gasteiger partial charge >= 0.3 is 0 Å². The first-order valence-corrected chi connectivity index (χ1v) is 5.70. The fraction of sp³-hybridized carbons (Fsp3) is 0.583. The van der Waals surface area contributed by atoms with Crippen molar-refractivity contribution in [3.63, 3.8) is 0 Å². The number of rotatable bonds is 2. The van der Waals surface area contributed by atoms with E-state index in [0.717, 1.165) is 18.8 Å². The van der Waals surface area contributed by atoms with Crippen LogP contribution in [0.15, 0.2) is 18.3 Å². The second-order valence-corrected chi connectivity index (χ2v) is 4.51. The molecule has 0 saturated carbocycles. The zero-order chi connectivity index (χ0) is 11.5. The molecular formula is C12H18FN3. The molecule has 2 rings (SSSR count). The van der Waals surface area contributed by atoms with E-state index in [1.54, 1.807) is 0 Å². The van der Waals surface area contributed by atoms with Crippen molar-refractivity contribution in [2.24, 2.45) is 0 Å². The van der Waals surface area contributed by atoms with Gasteiger partial charge in [-0.1, -0.05) is 0 Å². The summed E-state index contributed by atoms with van der Waals surface area (Å²) < 4.78 is 13.0. The van der Waals surface area contributed by atoms with E-state index in [2.05, 4.69) is 21.8 Å². The second kappa shape index (κ2) is 4.78. The number of halogens is 1. The lowest BCUT2D eigenvalue weighted by Gasteiger charge is -2.37. The van der Waals surface area contributed by atoms with Crippen LogP contribution in [0.4, 0.5) is 10.1 Å². The highest BCUT2D eigenvalue weighted by Crippen LogP contribution is 2.20. The largest absolute Gasteiger partial charge is 0.370 e. The number of pyridine rings is 1. The lowest BCUT2D eigenvalue weighted by Crippen LogP contribution is -2.45. The fourth-order valence-electron chi connectivity index (χ4n) is 2.28. The molecule has 4 heteroatoms. The van der Waals surface area contributed by atoms with Gasteiger partial charge in [-0.25, -0.2) is 4.98 Å². The molecule has 0 spiro atoms. The number of nitrogens with zero attached hydrogens (tertiary/aromatic N) is 3. The number of likely N-dealkylation sites (tertiary alicyclic amines) is 1. The van der Waals surface area contributed by atoms with E-state index < -0.39 is 5.95 Å². The van der Waals surface area contributed by atoms with Crippen molar-refractivity contribution >= 4 is 5.69 Å². The van der Waals surface area contributed by atoms with Gasteiger partial charge in [-0.15, -0.1) is 0 Å². The molecule has 1 aromatic heterocycles. The average Bonchev–Trinajstić information content (AvgIpc) is 2.28. The van der Waals surface area contributed by atoms with Crippen molar-refractivity contribution in [1.29, 1.82) is 0 Å². The summed E-state index contributed by atoms with van der Waals surface area (Å²) in [6.07, 6.45) is 3.90. The van der Waals surface area contributed by atoms with Gasteiger partial charge in [0, 0.05) is 37.6 Å². The molecule has 0 radical (unpaired) electrons. The Morgan fingerprint density at radius 1 is 1.56 bits per heavy atom. The van der Waals surface area contributed by atoms with Gasteiger partial charge in [-0.05, 0) is 32.5 Å². The van der Waals surface area contributed by atoms with E-state index in [1.807, 2.05) is 13.1 Å². The molecular weight excluding hydrogens is 205 g/mol. The zero-order valence-corrected chi connectivity index (χ0v) is 9.86. The summed E-state index contributed by atoms with van der Waals surface area (Å²) in [5.41, 5.74) is 0.910. The van der Waals surface area contributed by atoms with Crippen LogP contribution in [0.5, 0.6) is 0 Å². The summed E-state index contributed by atoms with van der Waals surface area (Å²) in [5, 5.41) is 0. The smallest absolute Gasteiger partial charge is 0.214 e. The number of hydrogen-bond donors (Lipinski definition) is 0. The van der Waals surface area contributed by atoms with E-state index in [9.17, 15) is 4.39 Å². The molecule has 0 amide bonds. The minimum Gasteiger partial charge on any atom is -0.370 e. The van der Waals surface area contributed by atoms with Gasteiger partial charge in [0.05, 0.1) is 0 Å². The van der Waals surface area contributed by atoms with Crippen molar-refractivity contribution in [3.05, 3.63) is 24.3 Å². The topological polar surface area (TPSA) is 19.4 Å². The zero-order valence-electron chi connectivity index (χ0n) is 9.86. The molecule has 3 nitrogen and oxygen atoms in total. The van der Waals surface area contributed by atoms with Crippen LogP contribution in [0.3, 0.4) is 0 Å². The third-order valence-electron chi connectivity index (χ3n) is 3.26. The average molecular weight is 223 g/mol. The molecule has 0 N–H and O–H groups in total. The molecule has 2 heterocycles. The summed E-state index contributed by atoms with van der Waals surface area (Å²) in [6.45, 7) is 2.20. The van der Waals surface area contributed by atoms with Crippen molar-refractivity contribution in [3.8, 4) is 0 Å². The lowest BCUT2D eigenvalue weighted by atomic mass is 10.0. The van der Waals surface area contributed by atoms with Gasteiger partial charge in [0.2, 0.25) is 5.95 Å². The molecule has 88 valence electrons. The Balaban J connectivity index is 2.09. The Labute approximate surface area is 95.9 Å². The first kappa shape index (κ1) is 11.3. The molecule has 0 aliphatic carbocycles. The maximum absolute atomic E-state index is 13.0. The van der Waals surface area contributed by atoms with Crippen LogP contribution >= 0.6 is 0 Å². The van der Waals surface area contributed by atoms with E-state index in [0.29, 0.717) is 6.04 Å². The summed E-state index contributed by atoms with van der Waals surface area (Å²) in [5.74, 6) is -0.409. The first-order chi connectivity index (χ1) is 7.66. The standard InChI is InChI=1S/C12H18FN3/c1-15-7-3-4-11(9-15)16(2)10-5-6-14-12(13)8-10/h5-6,8,11H,3-4,7,9H2,1-2H3. The van der Waals surface area contributed by atoms with Gasteiger partial charge in [0.1, 0.15) is 0 Å². The van der Waals surface area contributed by atoms with Crippen LogP contribution in [-0.2, 0) is 0 Å². The Morgan fingerprint density at radius 2 is 2.38 bits per heavy atom. The molecule has 1 fully saturated rings. The molecule has 1 aliphatic rings.